The van der Waals surface area contributed by atoms with Crippen LogP contribution < -0.4 is 4.74 Å². The Kier molecular flexibility index (Phi) is 2.49. The summed E-state index contributed by atoms with van der Waals surface area (Å²) in [5, 5.41) is 0.740. The van der Waals surface area contributed by atoms with Crippen LogP contribution in [-0.4, -0.2) is 12.9 Å². The van der Waals surface area contributed by atoms with Gasteiger partial charge in [0.1, 0.15) is 5.75 Å². The van der Waals surface area contributed by atoms with Gasteiger partial charge in [-0.15, -0.1) is 0 Å². The van der Waals surface area contributed by atoms with Crippen LogP contribution in [0.2, 0.25) is 0 Å². The molecule has 2 heteroatoms. The molecule has 1 aliphatic heterocycles. The molecule has 1 aliphatic rings. The topological polar surface area (TPSA) is 9.23 Å². The predicted octanol–water partition coefficient (Wildman–Crippen LogP) is 3.18. The van der Waals surface area contributed by atoms with Crippen LogP contribution in [0.5, 0.6) is 5.75 Å². The first kappa shape index (κ1) is 8.95. The Bertz CT molecular complexity index is 305. The molecule has 0 amide bonds. The van der Waals surface area contributed by atoms with Gasteiger partial charge in [-0.3, -0.25) is 0 Å². The molecule has 0 spiro atoms. The van der Waals surface area contributed by atoms with Crippen molar-refractivity contribution >= 4 is 11.8 Å². The average Bonchev–Trinajstić information content (AvgIpc) is 2.01. The van der Waals surface area contributed by atoms with Gasteiger partial charge in [0.15, 0.2) is 0 Å². The lowest BCUT2D eigenvalue weighted by Gasteiger charge is -2.25. The molecular weight excluding hydrogens is 180 g/mol. The zero-order valence-corrected chi connectivity index (χ0v) is 8.86. The van der Waals surface area contributed by atoms with Crippen molar-refractivity contribution in [2.45, 2.75) is 18.6 Å². The van der Waals surface area contributed by atoms with E-state index in [2.05, 4.69) is 25.1 Å². The lowest BCUT2D eigenvalue weighted by atomic mass is 10.1. The van der Waals surface area contributed by atoms with Crippen LogP contribution >= 0.6 is 11.8 Å². The van der Waals surface area contributed by atoms with Gasteiger partial charge in [0.25, 0.3) is 0 Å². The third kappa shape index (κ3) is 1.68. The van der Waals surface area contributed by atoms with Gasteiger partial charge in [-0.25, -0.2) is 0 Å². The second kappa shape index (κ2) is 3.62. The number of benzene rings is 1. The van der Waals surface area contributed by atoms with Gasteiger partial charge in [0, 0.05) is 5.25 Å². The van der Waals surface area contributed by atoms with Gasteiger partial charge in [-0.05, 0) is 36.3 Å². The molecule has 1 unspecified atom stereocenters. The quantitative estimate of drug-likeness (QED) is 0.715. The van der Waals surface area contributed by atoms with Crippen LogP contribution in [0.25, 0.3) is 0 Å². The molecule has 0 bridgehead atoms. The van der Waals surface area contributed by atoms with E-state index in [1.807, 2.05) is 11.8 Å². The minimum atomic E-state index is 0.740. The lowest BCUT2D eigenvalue weighted by Crippen LogP contribution is -2.06. The second-order valence-corrected chi connectivity index (χ2v) is 4.69. The van der Waals surface area contributed by atoms with E-state index in [-0.39, 0.29) is 0 Å². The van der Waals surface area contributed by atoms with Crippen molar-refractivity contribution in [1.82, 2.24) is 0 Å². The Hall–Kier alpha value is -0.630. The molecule has 1 saturated heterocycles. The molecule has 1 fully saturated rings. The molecule has 0 radical (unpaired) electrons. The number of hydrogen-bond donors (Lipinski definition) is 0. The Morgan fingerprint density at radius 2 is 2.23 bits per heavy atom. The van der Waals surface area contributed by atoms with Crippen LogP contribution in [0.3, 0.4) is 0 Å². The van der Waals surface area contributed by atoms with Crippen molar-refractivity contribution in [2.24, 2.45) is 0 Å². The summed E-state index contributed by atoms with van der Waals surface area (Å²) in [6.45, 7) is 2.10. The van der Waals surface area contributed by atoms with E-state index in [1.54, 1.807) is 7.11 Å². The number of hydrogen-bond acceptors (Lipinski definition) is 2. The number of thioether (sulfide) groups is 1. The van der Waals surface area contributed by atoms with Gasteiger partial charge in [0.2, 0.25) is 0 Å². The van der Waals surface area contributed by atoms with Crippen LogP contribution in [0, 0.1) is 6.92 Å². The lowest BCUT2D eigenvalue weighted by molar-refractivity contribution is 0.411. The van der Waals surface area contributed by atoms with Crippen molar-refractivity contribution in [3.8, 4) is 5.75 Å². The Morgan fingerprint density at radius 1 is 1.46 bits per heavy atom. The summed E-state index contributed by atoms with van der Waals surface area (Å²) in [4.78, 5) is 0. The first-order chi connectivity index (χ1) is 6.31. The van der Waals surface area contributed by atoms with Gasteiger partial charge < -0.3 is 4.74 Å². The third-order valence-electron chi connectivity index (χ3n) is 2.49. The monoisotopic (exact) mass is 194 g/mol. The van der Waals surface area contributed by atoms with Crippen LogP contribution in [-0.2, 0) is 0 Å². The van der Waals surface area contributed by atoms with Gasteiger partial charge in [0.05, 0.1) is 7.11 Å². The summed E-state index contributed by atoms with van der Waals surface area (Å²) in [6.07, 6.45) is 1.33. The maximum atomic E-state index is 5.22. The van der Waals surface area contributed by atoms with Gasteiger partial charge >= 0.3 is 0 Å². The summed E-state index contributed by atoms with van der Waals surface area (Å²) < 4.78 is 5.22. The molecule has 1 heterocycles. The number of aryl methyl sites for hydroxylation is 1. The average molecular weight is 194 g/mol. The van der Waals surface area contributed by atoms with E-state index in [0.717, 1.165) is 11.0 Å². The molecule has 1 aromatic carbocycles. The fourth-order valence-electron chi connectivity index (χ4n) is 1.60. The van der Waals surface area contributed by atoms with Crippen LogP contribution in [0.4, 0.5) is 0 Å². The van der Waals surface area contributed by atoms with Gasteiger partial charge in [-0.1, -0.05) is 12.1 Å². The van der Waals surface area contributed by atoms with Crippen LogP contribution in [0.1, 0.15) is 22.8 Å². The molecule has 1 nitrogen and oxygen atoms in total. The SMILES string of the molecule is COc1ccc(C2CCS2)cc1C. The van der Waals surface area contributed by atoms with E-state index in [0.29, 0.717) is 0 Å². The third-order valence-corrected chi connectivity index (χ3v) is 3.87. The van der Waals surface area contributed by atoms with Crippen molar-refractivity contribution < 1.29 is 4.74 Å². The maximum Gasteiger partial charge on any atom is 0.121 e. The molecule has 0 saturated carbocycles. The second-order valence-electron chi connectivity index (χ2n) is 3.38. The Balaban J connectivity index is 2.24. The first-order valence-corrected chi connectivity index (χ1v) is 5.62. The molecule has 1 aromatic rings. The highest BCUT2D eigenvalue weighted by molar-refractivity contribution is 8.00. The van der Waals surface area contributed by atoms with E-state index < -0.39 is 0 Å². The molecule has 2 rings (SSSR count). The highest BCUT2D eigenvalue weighted by Gasteiger charge is 2.20. The summed E-state index contributed by atoms with van der Waals surface area (Å²) in [6, 6.07) is 6.50. The fourth-order valence-corrected chi connectivity index (χ4v) is 2.41. The van der Waals surface area contributed by atoms with Gasteiger partial charge in [-0.2, -0.15) is 11.8 Å². The van der Waals surface area contributed by atoms with E-state index in [4.69, 9.17) is 4.74 Å². The zero-order valence-electron chi connectivity index (χ0n) is 8.04. The molecule has 70 valence electrons. The number of ether oxygens (including phenoxy) is 1. The Labute approximate surface area is 83.5 Å². The molecule has 0 aromatic heterocycles. The normalized spacial score (nSPS) is 20.9. The van der Waals surface area contributed by atoms with Crippen molar-refractivity contribution in [2.75, 3.05) is 12.9 Å². The van der Waals surface area contributed by atoms with Crippen molar-refractivity contribution in [1.29, 1.82) is 0 Å². The van der Waals surface area contributed by atoms with Crippen molar-refractivity contribution in [3.05, 3.63) is 29.3 Å². The van der Waals surface area contributed by atoms with E-state index >= 15 is 0 Å². The first-order valence-electron chi connectivity index (χ1n) is 4.57. The molecule has 1 atom stereocenters. The molecule has 13 heavy (non-hydrogen) atoms. The summed E-state index contributed by atoms with van der Waals surface area (Å²) >= 11 is 2.04. The molecule has 0 N–H and O–H groups in total. The smallest absolute Gasteiger partial charge is 0.121 e. The predicted molar refractivity (Wildman–Crippen MR) is 57.5 cm³/mol. The largest absolute Gasteiger partial charge is 0.496 e. The number of rotatable bonds is 2. The number of methoxy groups -OCH3 is 1. The standard InChI is InChI=1S/C11H14OS/c1-8-7-9(11-5-6-13-11)3-4-10(8)12-2/h3-4,7,11H,5-6H2,1-2H3. The highest BCUT2D eigenvalue weighted by atomic mass is 32.2. The minimum Gasteiger partial charge on any atom is -0.496 e. The maximum absolute atomic E-state index is 5.22. The minimum absolute atomic E-state index is 0.740. The summed E-state index contributed by atoms with van der Waals surface area (Å²) in [5.74, 6) is 2.31. The fraction of sp³-hybridized carbons (Fsp3) is 0.455. The van der Waals surface area contributed by atoms with Crippen LogP contribution in [0.15, 0.2) is 18.2 Å². The zero-order chi connectivity index (χ0) is 9.26. The van der Waals surface area contributed by atoms with E-state index in [9.17, 15) is 0 Å². The summed E-state index contributed by atoms with van der Waals surface area (Å²) in [7, 11) is 1.72. The molecule has 0 aliphatic carbocycles. The van der Waals surface area contributed by atoms with Crippen molar-refractivity contribution in [3.63, 3.8) is 0 Å². The molecular formula is C11H14OS. The highest BCUT2D eigenvalue weighted by Crippen LogP contribution is 2.42. The van der Waals surface area contributed by atoms with E-state index in [1.165, 1.54) is 23.3 Å². The summed E-state index contributed by atoms with van der Waals surface area (Å²) in [5.41, 5.74) is 2.70. The Morgan fingerprint density at radius 3 is 2.69 bits per heavy atom.